The van der Waals surface area contributed by atoms with Crippen molar-refractivity contribution in [2.45, 2.75) is 20.8 Å². The minimum Gasteiger partial charge on any atom is -0.493 e. The third-order valence-electron chi connectivity index (χ3n) is 4.23. The fourth-order valence-corrected chi connectivity index (χ4v) is 2.93. The molecule has 0 fully saturated rings. The van der Waals surface area contributed by atoms with Crippen molar-refractivity contribution in [1.82, 2.24) is 4.98 Å². The van der Waals surface area contributed by atoms with E-state index in [2.05, 4.69) is 4.98 Å². The lowest BCUT2D eigenvalue weighted by Crippen LogP contribution is -2.14. The Bertz CT molecular complexity index is 939. The number of methoxy groups -OCH3 is 2. The van der Waals surface area contributed by atoms with Gasteiger partial charge in [0.15, 0.2) is 23.9 Å². The molecular formula is C21H23NO6. The van der Waals surface area contributed by atoms with Crippen LogP contribution in [0.4, 0.5) is 0 Å². The number of Topliss-reactive ketones (excluding diaryl/α,β-unsaturated/α-hetero) is 2. The van der Waals surface area contributed by atoms with Crippen molar-refractivity contribution >= 4 is 23.6 Å². The number of carbonyl (C=O) groups is 3. The number of nitrogens with one attached hydrogen (secondary N) is 1. The van der Waals surface area contributed by atoms with Crippen molar-refractivity contribution in [2.24, 2.45) is 0 Å². The Balaban J connectivity index is 2.01. The summed E-state index contributed by atoms with van der Waals surface area (Å²) in [6.07, 6.45) is 2.77. The molecular weight excluding hydrogens is 362 g/mol. The third-order valence-corrected chi connectivity index (χ3v) is 4.23. The summed E-state index contributed by atoms with van der Waals surface area (Å²) in [5, 5.41) is 0. The number of aromatic amines is 1. The number of aryl methyl sites for hydroxylation is 1. The molecule has 0 saturated carbocycles. The maximum atomic E-state index is 12.3. The van der Waals surface area contributed by atoms with E-state index in [-0.39, 0.29) is 11.5 Å². The third kappa shape index (κ3) is 4.68. The summed E-state index contributed by atoms with van der Waals surface area (Å²) >= 11 is 0. The first-order chi connectivity index (χ1) is 13.3. The molecule has 2 rings (SSSR count). The molecule has 1 aromatic carbocycles. The Kier molecular flexibility index (Phi) is 6.76. The highest BCUT2D eigenvalue weighted by Crippen LogP contribution is 2.28. The Hall–Kier alpha value is -3.35. The zero-order valence-electron chi connectivity index (χ0n) is 16.5. The molecule has 0 atom stereocenters. The molecule has 0 saturated heterocycles. The van der Waals surface area contributed by atoms with Crippen LogP contribution in [-0.4, -0.2) is 43.3 Å². The lowest BCUT2D eigenvalue weighted by molar-refractivity contribution is -0.136. The van der Waals surface area contributed by atoms with Crippen LogP contribution in [-0.2, 0) is 9.53 Å². The Morgan fingerprint density at radius 2 is 1.75 bits per heavy atom. The average Bonchev–Trinajstić information content (AvgIpc) is 2.98. The largest absolute Gasteiger partial charge is 0.493 e. The van der Waals surface area contributed by atoms with Crippen LogP contribution in [0.2, 0.25) is 0 Å². The highest BCUT2D eigenvalue weighted by molar-refractivity contribution is 6.04. The molecule has 1 N–H and O–H groups in total. The molecule has 0 radical (unpaired) electrons. The minimum atomic E-state index is -0.657. The van der Waals surface area contributed by atoms with Crippen molar-refractivity contribution in [3.05, 3.63) is 52.4 Å². The van der Waals surface area contributed by atoms with E-state index in [0.29, 0.717) is 33.9 Å². The van der Waals surface area contributed by atoms with Crippen LogP contribution in [0.3, 0.4) is 0 Å². The number of hydrogen-bond acceptors (Lipinski definition) is 6. The quantitative estimate of drug-likeness (QED) is 0.426. The highest BCUT2D eigenvalue weighted by Gasteiger charge is 2.20. The monoisotopic (exact) mass is 385 g/mol. The number of esters is 1. The molecule has 0 unspecified atom stereocenters. The van der Waals surface area contributed by atoms with Gasteiger partial charge in [0, 0.05) is 17.3 Å². The minimum absolute atomic E-state index is 0.125. The van der Waals surface area contributed by atoms with Crippen molar-refractivity contribution in [3.63, 3.8) is 0 Å². The van der Waals surface area contributed by atoms with Gasteiger partial charge in [0.1, 0.15) is 0 Å². The number of carbonyl (C=O) groups excluding carboxylic acids is 3. The Morgan fingerprint density at radius 1 is 1.07 bits per heavy atom. The van der Waals surface area contributed by atoms with Gasteiger partial charge in [0.05, 0.1) is 19.9 Å². The number of ketones is 2. The molecule has 0 aliphatic carbocycles. The van der Waals surface area contributed by atoms with Gasteiger partial charge in [0.2, 0.25) is 5.78 Å². The van der Waals surface area contributed by atoms with E-state index in [1.807, 2.05) is 0 Å². The summed E-state index contributed by atoms with van der Waals surface area (Å²) in [7, 11) is 3.06. The molecule has 0 amide bonds. The van der Waals surface area contributed by atoms with Crippen LogP contribution in [0.1, 0.15) is 44.6 Å². The van der Waals surface area contributed by atoms with Gasteiger partial charge in [-0.15, -0.1) is 0 Å². The number of aromatic nitrogens is 1. The van der Waals surface area contributed by atoms with Crippen LogP contribution in [0.15, 0.2) is 24.3 Å². The predicted octanol–water partition coefficient (Wildman–Crippen LogP) is 3.29. The average molecular weight is 385 g/mol. The molecule has 1 aromatic heterocycles. The maximum absolute atomic E-state index is 12.3. The van der Waals surface area contributed by atoms with Crippen molar-refractivity contribution < 1.29 is 28.6 Å². The second kappa shape index (κ2) is 9.03. The smallest absolute Gasteiger partial charge is 0.331 e. The van der Waals surface area contributed by atoms with E-state index < -0.39 is 18.4 Å². The topological polar surface area (TPSA) is 94.7 Å². The standard InChI is InChI=1S/C21H23NO6/c1-12-20(14(3)23)13(2)22-21(12)16(24)11-28-19(25)9-7-15-6-8-17(26-4)18(10-15)27-5/h6-10,22H,11H2,1-5H3. The van der Waals surface area contributed by atoms with Gasteiger partial charge in [-0.05, 0) is 50.1 Å². The number of ether oxygens (including phenoxy) is 3. The van der Waals surface area contributed by atoms with Crippen LogP contribution in [0, 0.1) is 13.8 Å². The summed E-state index contributed by atoms with van der Waals surface area (Å²) in [6, 6.07) is 5.18. The van der Waals surface area contributed by atoms with E-state index in [0.717, 1.165) is 0 Å². The normalized spacial score (nSPS) is 10.8. The van der Waals surface area contributed by atoms with Crippen LogP contribution >= 0.6 is 0 Å². The molecule has 0 aliphatic rings. The van der Waals surface area contributed by atoms with Gasteiger partial charge in [-0.25, -0.2) is 4.79 Å². The lowest BCUT2D eigenvalue weighted by atomic mass is 10.1. The molecule has 2 aromatic rings. The molecule has 148 valence electrons. The number of benzene rings is 1. The SMILES string of the molecule is COc1ccc(C=CC(=O)OCC(=O)c2[nH]c(C)c(C(C)=O)c2C)cc1OC. The summed E-state index contributed by atoms with van der Waals surface area (Å²) < 4.78 is 15.4. The van der Waals surface area contributed by atoms with Gasteiger partial charge in [-0.3, -0.25) is 9.59 Å². The number of rotatable bonds is 8. The van der Waals surface area contributed by atoms with Gasteiger partial charge in [-0.2, -0.15) is 0 Å². The fraction of sp³-hybridized carbons (Fsp3) is 0.286. The molecule has 0 bridgehead atoms. The number of H-pyrrole nitrogens is 1. The van der Waals surface area contributed by atoms with E-state index in [4.69, 9.17) is 14.2 Å². The second-order valence-electron chi connectivity index (χ2n) is 6.16. The number of hydrogen-bond donors (Lipinski definition) is 1. The lowest BCUT2D eigenvalue weighted by Gasteiger charge is -2.07. The molecule has 7 nitrogen and oxygen atoms in total. The van der Waals surface area contributed by atoms with E-state index in [1.54, 1.807) is 38.1 Å². The summed E-state index contributed by atoms with van der Waals surface area (Å²) in [4.78, 5) is 38.8. The van der Waals surface area contributed by atoms with Crippen molar-refractivity contribution in [3.8, 4) is 11.5 Å². The molecule has 0 spiro atoms. The van der Waals surface area contributed by atoms with Crippen LogP contribution in [0.5, 0.6) is 11.5 Å². The van der Waals surface area contributed by atoms with E-state index in [9.17, 15) is 14.4 Å². The van der Waals surface area contributed by atoms with E-state index >= 15 is 0 Å². The fourth-order valence-electron chi connectivity index (χ4n) is 2.93. The van der Waals surface area contributed by atoms with E-state index in [1.165, 1.54) is 27.2 Å². The summed E-state index contributed by atoms with van der Waals surface area (Å²) in [6.45, 7) is 4.42. The van der Waals surface area contributed by atoms with Gasteiger partial charge >= 0.3 is 5.97 Å². The zero-order chi connectivity index (χ0) is 20.8. The Morgan fingerprint density at radius 3 is 2.32 bits per heavy atom. The summed E-state index contributed by atoms with van der Waals surface area (Å²) in [5.41, 5.74) is 2.66. The first kappa shape index (κ1) is 21.0. The molecule has 0 aliphatic heterocycles. The van der Waals surface area contributed by atoms with Gasteiger partial charge in [-0.1, -0.05) is 6.07 Å². The summed E-state index contributed by atoms with van der Waals surface area (Å²) in [5.74, 6) is -0.0709. The van der Waals surface area contributed by atoms with Crippen LogP contribution < -0.4 is 9.47 Å². The molecule has 1 heterocycles. The first-order valence-corrected chi connectivity index (χ1v) is 8.58. The molecule has 28 heavy (non-hydrogen) atoms. The van der Waals surface area contributed by atoms with Crippen molar-refractivity contribution in [1.29, 1.82) is 0 Å². The first-order valence-electron chi connectivity index (χ1n) is 8.58. The van der Waals surface area contributed by atoms with Gasteiger partial charge in [0.25, 0.3) is 0 Å². The van der Waals surface area contributed by atoms with Gasteiger partial charge < -0.3 is 19.2 Å². The molecule has 7 heteroatoms. The van der Waals surface area contributed by atoms with Crippen LogP contribution in [0.25, 0.3) is 6.08 Å². The zero-order valence-corrected chi connectivity index (χ0v) is 16.5. The Labute approximate surface area is 163 Å². The maximum Gasteiger partial charge on any atom is 0.331 e. The predicted molar refractivity (Wildman–Crippen MR) is 104 cm³/mol. The highest BCUT2D eigenvalue weighted by atomic mass is 16.5. The van der Waals surface area contributed by atoms with Crippen molar-refractivity contribution in [2.75, 3.05) is 20.8 Å². The second-order valence-corrected chi connectivity index (χ2v) is 6.16.